The van der Waals surface area contributed by atoms with E-state index in [0.717, 1.165) is 23.8 Å². The topological polar surface area (TPSA) is 52.1 Å². The minimum absolute atomic E-state index is 0.0593. The Bertz CT molecular complexity index is 678. The van der Waals surface area contributed by atoms with Gasteiger partial charge in [0, 0.05) is 19.1 Å². The van der Waals surface area contributed by atoms with Gasteiger partial charge in [0.05, 0.1) is 6.54 Å². The molecule has 0 saturated carbocycles. The number of hydrogen-bond acceptors (Lipinski definition) is 4. The molecule has 2 fully saturated rings. The summed E-state index contributed by atoms with van der Waals surface area (Å²) in [5.74, 6) is 1.82. The van der Waals surface area contributed by atoms with Gasteiger partial charge >= 0.3 is 0 Å². The van der Waals surface area contributed by atoms with Gasteiger partial charge in [0.15, 0.2) is 5.96 Å². The van der Waals surface area contributed by atoms with Crippen LogP contribution >= 0.6 is 0 Å². The molecule has 0 spiro atoms. The normalized spacial score (nSPS) is 21.8. The first-order chi connectivity index (χ1) is 14.5. The lowest BCUT2D eigenvalue weighted by Gasteiger charge is -2.50. The van der Waals surface area contributed by atoms with Crippen LogP contribution in [0.4, 0.5) is 0 Å². The number of guanidine groups is 1. The molecule has 1 aromatic rings. The van der Waals surface area contributed by atoms with Crippen LogP contribution in [0.25, 0.3) is 0 Å². The molecule has 0 bridgehead atoms. The fraction of sp³-hybridized carbons (Fsp3) is 0.708. The molecule has 30 heavy (non-hydrogen) atoms. The fourth-order valence-electron chi connectivity index (χ4n) is 4.66. The maximum atomic E-state index is 6.10. The smallest absolute Gasteiger partial charge is 0.191 e. The molecule has 2 aliphatic heterocycles. The van der Waals surface area contributed by atoms with E-state index in [1.807, 2.05) is 25.2 Å². The van der Waals surface area contributed by atoms with Crippen molar-refractivity contribution in [3.63, 3.8) is 0 Å². The highest BCUT2D eigenvalue weighted by molar-refractivity contribution is 5.79. The highest BCUT2D eigenvalue weighted by Gasteiger charge is 2.39. The van der Waals surface area contributed by atoms with Crippen LogP contribution in [-0.4, -0.2) is 80.8 Å². The molecule has 0 radical (unpaired) electrons. The van der Waals surface area contributed by atoms with E-state index in [4.69, 9.17) is 4.74 Å². The van der Waals surface area contributed by atoms with Crippen molar-refractivity contribution in [3.05, 3.63) is 29.8 Å². The van der Waals surface area contributed by atoms with Crippen molar-refractivity contribution in [2.45, 2.75) is 57.6 Å². The van der Waals surface area contributed by atoms with Gasteiger partial charge in [-0.1, -0.05) is 24.6 Å². The summed E-state index contributed by atoms with van der Waals surface area (Å²) in [7, 11) is 4.09. The number of aryl methyl sites for hydroxylation is 1. The molecule has 168 valence electrons. The highest BCUT2D eigenvalue weighted by Crippen LogP contribution is 2.30. The van der Waals surface area contributed by atoms with Crippen LogP contribution in [0.2, 0.25) is 0 Å². The summed E-state index contributed by atoms with van der Waals surface area (Å²) in [6, 6.07) is 8.17. The van der Waals surface area contributed by atoms with Crippen LogP contribution in [0, 0.1) is 6.92 Å². The van der Waals surface area contributed by atoms with E-state index in [1.165, 1.54) is 58.3 Å². The summed E-state index contributed by atoms with van der Waals surface area (Å²) in [5.41, 5.74) is 1.41. The number of rotatable bonds is 7. The van der Waals surface area contributed by atoms with Crippen molar-refractivity contribution >= 4 is 5.96 Å². The molecule has 6 nitrogen and oxygen atoms in total. The van der Waals surface area contributed by atoms with Crippen molar-refractivity contribution in [3.8, 4) is 5.75 Å². The minimum atomic E-state index is 0.0593. The van der Waals surface area contributed by atoms with Crippen molar-refractivity contribution < 1.29 is 4.74 Å². The Kier molecular flexibility index (Phi) is 8.40. The Labute approximate surface area is 183 Å². The molecule has 1 unspecified atom stereocenters. The number of ether oxygens (including phenoxy) is 1. The zero-order chi connectivity index (χ0) is 21.4. The number of nitrogens with one attached hydrogen (secondary N) is 2. The Morgan fingerprint density at radius 1 is 1.10 bits per heavy atom. The maximum Gasteiger partial charge on any atom is 0.191 e. The van der Waals surface area contributed by atoms with E-state index in [0.29, 0.717) is 6.54 Å². The number of benzene rings is 1. The molecule has 0 amide bonds. The molecule has 2 heterocycles. The molecule has 1 aromatic carbocycles. The van der Waals surface area contributed by atoms with Crippen LogP contribution < -0.4 is 15.4 Å². The van der Waals surface area contributed by atoms with Gasteiger partial charge < -0.3 is 20.3 Å². The van der Waals surface area contributed by atoms with Crippen LogP contribution in [0.1, 0.15) is 44.6 Å². The molecule has 2 saturated heterocycles. The molecule has 2 N–H and O–H groups in total. The minimum Gasteiger partial charge on any atom is -0.489 e. The van der Waals surface area contributed by atoms with Gasteiger partial charge in [0.2, 0.25) is 0 Å². The number of nitrogens with zero attached hydrogens (tertiary/aromatic N) is 3. The summed E-state index contributed by atoms with van der Waals surface area (Å²) in [6.45, 7) is 10.7. The van der Waals surface area contributed by atoms with E-state index < -0.39 is 0 Å². The molecular weight excluding hydrogens is 374 g/mol. The highest BCUT2D eigenvalue weighted by atomic mass is 16.5. The van der Waals surface area contributed by atoms with Gasteiger partial charge in [-0.25, -0.2) is 0 Å². The summed E-state index contributed by atoms with van der Waals surface area (Å²) < 4.78 is 6.10. The molecule has 0 aliphatic carbocycles. The monoisotopic (exact) mass is 415 g/mol. The average molecular weight is 416 g/mol. The quantitative estimate of drug-likeness (QED) is 0.530. The van der Waals surface area contributed by atoms with Gasteiger partial charge in [-0.3, -0.25) is 9.89 Å². The molecule has 3 rings (SSSR count). The Morgan fingerprint density at radius 3 is 2.47 bits per heavy atom. The van der Waals surface area contributed by atoms with Gasteiger partial charge in [-0.15, -0.1) is 0 Å². The molecule has 1 atom stereocenters. The van der Waals surface area contributed by atoms with Gasteiger partial charge in [0.1, 0.15) is 11.9 Å². The third-order valence-electron chi connectivity index (χ3n) is 6.73. The van der Waals surface area contributed by atoms with Crippen LogP contribution in [0.5, 0.6) is 5.75 Å². The Balaban J connectivity index is 1.53. The van der Waals surface area contributed by atoms with Crippen molar-refractivity contribution in [2.75, 3.05) is 53.4 Å². The summed E-state index contributed by atoms with van der Waals surface area (Å²) in [6.07, 6.45) is 6.54. The second kappa shape index (κ2) is 11.0. The van der Waals surface area contributed by atoms with Crippen LogP contribution in [0.3, 0.4) is 0 Å². The number of hydrogen-bond donors (Lipinski definition) is 2. The largest absolute Gasteiger partial charge is 0.489 e. The molecule has 2 aliphatic rings. The Morgan fingerprint density at radius 2 is 1.80 bits per heavy atom. The number of likely N-dealkylation sites (tertiary alicyclic amines) is 2. The number of piperidine rings is 2. The zero-order valence-corrected chi connectivity index (χ0v) is 19.4. The fourth-order valence-corrected chi connectivity index (χ4v) is 4.66. The zero-order valence-electron chi connectivity index (χ0n) is 19.4. The van der Waals surface area contributed by atoms with Crippen molar-refractivity contribution in [1.29, 1.82) is 0 Å². The van der Waals surface area contributed by atoms with Crippen LogP contribution in [-0.2, 0) is 0 Å². The predicted molar refractivity (Wildman–Crippen MR) is 126 cm³/mol. The lowest BCUT2D eigenvalue weighted by atomic mass is 9.84. The van der Waals surface area contributed by atoms with Crippen molar-refractivity contribution in [1.82, 2.24) is 20.4 Å². The third-order valence-corrected chi connectivity index (χ3v) is 6.73. The lowest BCUT2D eigenvalue weighted by Crippen LogP contribution is -2.62. The van der Waals surface area contributed by atoms with E-state index in [-0.39, 0.29) is 11.6 Å². The third kappa shape index (κ3) is 6.11. The molecule has 6 heteroatoms. The molecular formula is C24H41N5O. The lowest BCUT2D eigenvalue weighted by molar-refractivity contribution is 0.0173. The second-order valence-electron chi connectivity index (χ2n) is 9.08. The maximum absolute atomic E-state index is 6.10. The van der Waals surface area contributed by atoms with Gasteiger partial charge in [-0.05, 0) is 84.4 Å². The van der Waals surface area contributed by atoms with E-state index in [2.05, 4.69) is 52.4 Å². The first-order valence-corrected chi connectivity index (χ1v) is 11.6. The van der Waals surface area contributed by atoms with E-state index >= 15 is 0 Å². The summed E-state index contributed by atoms with van der Waals surface area (Å²) in [4.78, 5) is 9.69. The number of para-hydroxylation sites is 1. The first-order valence-electron chi connectivity index (χ1n) is 11.6. The predicted octanol–water partition coefficient (Wildman–Crippen LogP) is 2.88. The first kappa shape index (κ1) is 22.9. The van der Waals surface area contributed by atoms with Crippen molar-refractivity contribution in [2.24, 2.45) is 4.99 Å². The summed E-state index contributed by atoms with van der Waals surface area (Å²) >= 11 is 0. The standard InChI is InChI=1S/C24H41N5O/c1-20-10-6-7-11-22(20)30-21(2)18-26-23(25-3)27-19-24(12-16-28(4)17-13-24)29-14-8-5-9-15-29/h6-7,10-11,21H,5,8-9,12-19H2,1-4H3,(H2,25,26,27). The number of aliphatic imine (C=N–C) groups is 1. The average Bonchev–Trinajstić information content (AvgIpc) is 2.77. The summed E-state index contributed by atoms with van der Waals surface area (Å²) in [5, 5.41) is 7.11. The SMILES string of the molecule is CN=C(NCC(C)Oc1ccccc1C)NCC1(N2CCCCC2)CCN(C)CC1. The molecule has 0 aromatic heterocycles. The van der Waals surface area contributed by atoms with Gasteiger partial charge in [0.25, 0.3) is 0 Å². The Hall–Kier alpha value is -1.79. The van der Waals surface area contributed by atoms with Gasteiger partial charge in [-0.2, -0.15) is 0 Å². The van der Waals surface area contributed by atoms with E-state index in [9.17, 15) is 0 Å². The second-order valence-corrected chi connectivity index (χ2v) is 9.08. The van der Waals surface area contributed by atoms with Crippen LogP contribution in [0.15, 0.2) is 29.3 Å². The van der Waals surface area contributed by atoms with E-state index in [1.54, 1.807) is 0 Å².